The first kappa shape index (κ1) is 16.8. The second-order valence-electron chi connectivity index (χ2n) is 6.78. The van der Waals surface area contributed by atoms with Gasteiger partial charge in [-0.25, -0.2) is 15.0 Å². The number of carbonyl (C=O) groups excluding carboxylic acids is 1. The van der Waals surface area contributed by atoms with Gasteiger partial charge in [0.25, 0.3) is 5.91 Å². The van der Waals surface area contributed by atoms with E-state index in [2.05, 4.69) is 24.8 Å². The molecule has 0 saturated carbocycles. The van der Waals surface area contributed by atoms with Crippen molar-refractivity contribution in [3.8, 4) is 0 Å². The van der Waals surface area contributed by atoms with E-state index in [1.165, 1.54) is 19.3 Å². The van der Waals surface area contributed by atoms with Crippen molar-refractivity contribution in [1.82, 2.24) is 19.9 Å². The van der Waals surface area contributed by atoms with Crippen LogP contribution < -0.4 is 9.80 Å². The minimum absolute atomic E-state index is 0.0827. The van der Waals surface area contributed by atoms with Gasteiger partial charge in [0.1, 0.15) is 5.82 Å². The van der Waals surface area contributed by atoms with Crippen molar-refractivity contribution in [2.45, 2.75) is 19.3 Å². The van der Waals surface area contributed by atoms with E-state index >= 15 is 0 Å². The largest absolute Gasteiger partial charge is 0.357 e. The number of amides is 1. The number of anilines is 2. The number of pyridine rings is 1. The molecule has 4 rings (SSSR count). The fourth-order valence-electron chi connectivity index (χ4n) is 3.59. The number of hydrogen-bond donors (Lipinski definition) is 0. The van der Waals surface area contributed by atoms with Crippen LogP contribution in [-0.4, -0.2) is 65.0 Å². The molecule has 26 heavy (non-hydrogen) atoms. The molecule has 2 aliphatic heterocycles. The predicted octanol–water partition coefficient (Wildman–Crippen LogP) is 1.82. The third-order valence-corrected chi connectivity index (χ3v) is 5.07. The van der Waals surface area contributed by atoms with Crippen LogP contribution in [0.15, 0.2) is 36.8 Å². The number of aromatic nitrogens is 3. The Kier molecular flexibility index (Phi) is 4.95. The summed E-state index contributed by atoms with van der Waals surface area (Å²) in [5.74, 6) is 1.74. The van der Waals surface area contributed by atoms with Gasteiger partial charge in [-0.2, -0.15) is 0 Å². The molecule has 7 nitrogen and oxygen atoms in total. The van der Waals surface area contributed by atoms with Gasteiger partial charge < -0.3 is 14.7 Å². The van der Waals surface area contributed by atoms with Crippen LogP contribution in [0.25, 0.3) is 0 Å². The molecule has 0 N–H and O–H groups in total. The monoisotopic (exact) mass is 352 g/mol. The summed E-state index contributed by atoms with van der Waals surface area (Å²) in [6, 6.07) is 5.58. The Balaban J connectivity index is 1.40. The second kappa shape index (κ2) is 7.68. The van der Waals surface area contributed by atoms with E-state index < -0.39 is 0 Å². The van der Waals surface area contributed by atoms with Gasteiger partial charge in [0.05, 0.1) is 0 Å². The van der Waals surface area contributed by atoms with Crippen LogP contribution in [0.4, 0.5) is 11.8 Å². The highest BCUT2D eigenvalue weighted by atomic mass is 16.2. The molecule has 0 bridgehead atoms. The zero-order valence-corrected chi connectivity index (χ0v) is 14.9. The van der Waals surface area contributed by atoms with Gasteiger partial charge >= 0.3 is 0 Å². The highest BCUT2D eigenvalue weighted by molar-refractivity contribution is 5.95. The Hall–Kier alpha value is -2.70. The Morgan fingerprint density at radius 3 is 2.27 bits per heavy atom. The van der Waals surface area contributed by atoms with Crippen molar-refractivity contribution in [3.05, 3.63) is 42.4 Å². The summed E-state index contributed by atoms with van der Waals surface area (Å²) in [6.07, 6.45) is 8.93. The van der Waals surface area contributed by atoms with Crippen molar-refractivity contribution in [1.29, 1.82) is 0 Å². The second-order valence-corrected chi connectivity index (χ2v) is 6.78. The van der Waals surface area contributed by atoms with Gasteiger partial charge in [-0.3, -0.25) is 4.79 Å². The van der Waals surface area contributed by atoms with Gasteiger partial charge in [-0.1, -0.05) is 0 Å². The van der Waals surface area contributed by atoms with Crippen molar-refractivity contribution in [2.75, 3.05) is 49.1 Å². The minimum Gasteiger partial charge on any atom is -0.357 e. The maximum Gasteiger partial charge on any atom is 0.254 e. The van der Waals surface area contributed by atoms with E-state index in [0.29, 0.717) is 13.1 Å². The zero-order chi connectivity index (χ0) is 17.8. The molecular weight excluding hydrogens is 328 g/mol. The van der Waals surface area contributed by atoms with Crippen LogP contribution in [0.3, 0.4) is 0 Å². The first-order valence-corrected chi connectivity index (χ1v) is 9.33. The van der Waals surface area contributed by atoms with Gasteiger partial charge in [-0.15, -0.1) is 0 Å². The molecule has 0 unspecified atom stereocenters. The SMILES string of the molecule is O=C(c1ccnc(N2CCCCC2)c1)N1CCN(c2ncccn2)CC1. The van der Waals surface area contributed by atoms with Crippen LogP contribution in [0, 0.1) is 0 Å². The molecule has 2 aliphatic rings. The van der Waals surface area contributed by atoms with Gasteiger partial charge in [0.15, 0.2) is 0 Å². The molecule has 0 radical (unpaired) electrons. The summed E-state index contributed by atoms with van der Waals surface area (Å²) in [5, 5.41) is 0. The number of piperazine rings is 1. The highest BCUT2D eigenvalue weighted by Crippen LogP contribution is 2.20. The molecule has 0 aliphatic carbocycles. The summed E-state index contributed by atoms with van der Waals surface area (Å²) in [4.78, 5) is 32.3. The molecule has 2 aromatic heterocycles. The molecule has 4 heterocycles. The van der Waals surface area contributed by atoms with E-state index in [1.807, 2.05) is 23.1 Å². The van der Waals surface area contributed by atoms with Gasteiger partial charge in [0.2, 0.25) is 5.95 Å². The van der Waals surface area contributed by atoms with Crippen LogP contribution in [0.5, 0.6) is 0 Å². The van der Waals surface area contributed by atoms with Gasteiger partial charge in [0, 0.05) is 63.4 Å². The smallest absolute Gasteiger partial charge is 0.254 e. The summed E-state index contributed by atoms with van der Waals surface area (Å²) < 4.78 is 0. The first-order chi connectivity index (χ1) is 12.8. The maximum absolute atomic E-state index is 12.9. The number of carbonyl (C=O) groups is 1. The number of nitrogens with zero attached hydrogens (tertiary/aromatic N) is 6. The Morgan fingerprint density at radius 1 is 0.808 bits per heavy atom. The lowest BCUT2D eigenvalue weighted by molar-refractivity contribution is 0.0746. The summed E-state index contributed by atoms with van der Waals surface area (Å²) in [6.45, 7) is 4.91. The fraction of sp³-hybridized carbons (Fsp3) is 0.474. The molecule has 0 spiro atoms. The van der Waals surface area contributed by atoms with Crippen LogP contribution >= 0.6 is 0 Å². The lowest BCUT2D eigenvalue weighted by Crippen LogP contribution is -2.49. The summed E-state index contributed by atoms with van der Waals surface area (Å²) >= 11 is 0. The summed E-state index contributed by atoms with van der Waals surface area (Å²) in [5.41, 5.74) is 0.727. The first-order valence-electron chi connectivity index (χ1n) is 9.33. The van der Waals surface area contributed by atoms with E-state index in [1.54, 1.807) is 18.6 Å². The maximum atomic E-state index is 12.9. The normalized spacial score (nSPS) is 18.1. The quantitative estimate of drug-likeness (QED) is 0.840. The zero-order valence-electron chi connectivity index (χ0n) is 14.9. The number of hydrogen-bond acceptors (Lipinski definition) is 6. The average Bonchev–Trinajstić information content (AvgIpc) is 2.75. The van der Waals surface area contributed by atoms with Crippen molar-refractivity contribution < 1.29 is 4.79 Å². The van der Waals surface area contributed by atoms with Crippen molar-refractivity contribution in [3.63, 3.8) is 0 Å². The van der Waals surface area contributed by atoms with E-state index in [4.69, 9.17) is 0 Å². The molecule has 1 amide bonds. The van der Waals surface area contributed by atoms with Crippen molar-refractivity contribution >= 4 is 17.7 Å². The van der Waals surface area contributed by atoms with E-state index in [-0.39, 0.29) is 5.91 Å². The summed E-state index contributed by atoms with van der Waals surface area (Å²) in [7, 11) is 0. The topological polar surface area (TPSA) is 65.5 Å². The average molecular weight is 352 g/mol. The molecular formula is C19H24N6O. The predicted molar refractivity (Wildman–Crippen MR) is 100 cm³/mol. The Labute approximate surface area is 153 Å². The number of rotatable bonds is 3. The molecule has 2 fully saturated rings. The van der Waals surface area contributed by atoms with E-state index in [9.17, 15) is 4.79 Å². The van der Waals surface area contributed by atoms with E-state index in [0.717, 1.165) is 43.5 Å². The molecule has 2 saturated heterocycles. The fourth-order valence-corrected chi connectivity index (χ4v) is 3.59. The lowest BCUT2D eigenvalue weighted by atomic mass is 10.1. The number of piperidine rings is 1. The Bertz CT molecular complexity index is 739. The van der Waals surface area contributed by atoms with Crippen LogP contribution in [0.1, 0.15) is 29.6 Å². The standard InChI is InChI=1S/C19H24N6O/c26-18(16-5-8-20-17(15-16)23-9-2-1-3-10-23)24-11-13-25(14-12-24)19-21-6-4-7-22-19/h4-8,15H,1-3,9-14H2. The molecule has 2 aromatic rings. The van der Waals surface area contributed by atoms with Crippen LogP contribution in [-0.2, 0) is 0 Å². The third-order valence-electron chi connectivity index (χ3n) is 5.07. The minimum atomic E-state index is 0.0827. The Morgan fingerprint density at radius 2 is 1.54 bits per heavy atom. The highest BCUT2D eigenvalue weighted by Gasteiger charge is 2.24. The molecule has 7 heteroatoms. The lowest BCUT2D eigenvalue weighted by Gasteiger charge is -2.35. The molecule has 0 atom stereocenters. The molecule has 136 valence electrons. The van der Waals surface area contributed by atoms with Crippen LogP contribution in [0.2, 0.25) is 0 Å². The third kappa shape index (κ3) is 3.61. The molecule has 0 aromatic carbocycles. The van der Waals surface area contributed by atoms with Gasteiger partial charge in [-0.05, 0) is 37.5 Å². The van der Waals surface area contributed by atoms with Crippen molar-refractivity contribution in [2.24, 2.45) is 0 Å².